The van der Waals surface area contributed by atoms with Crippen molar-refractivity contribution in [2.75, 3.05) is 44.7 Å². The van der Waals surface area contributed by atoms with Gasteiger partial charge in [-0.3, -0.25) is 23.7 Å². The normalized spacial score (nSPS) is 13.4. The predicted molar refractivity (Wildman–Crippen MR) is 149 cm³/mol. The van der Waals surface area contributed by atoms with E-state index in [1.54, 1.807) is 42.2 Å². The van der Waals surface area contributed by atoms with Gasteiger partial charge in [-0.1, -0.05) is 29.3 Å². The van der Waals surface area contributed by atoms with Crippen LogP contribution in [0.15, 0.2) is 47.5 Å². The maximum absolute atomic E-state index is 13.4. The zero-order valence-corrected chi connectivity index (χ0v) is 23.2. The molecule has 12 heteroatoms. The molecule has 0 unspecified atom stereocenters. The van der Waals surface area contributed by atoms with E-state index in [9.17, 15) is 19.2 Å². The van der Waals surface area contributed by atoms with Crippen molar-refractivity contribution < 1.29 is 19.1 Å². The van der Waals surface area contributed by atoms with E-state index < -0.39 is 5.97 Å². The maximum atomic E-state index is 13.4. The summed E-state index contributed by atoms with van der Waals surface area (Å²) < 4.78 is 5.99. The van der Waals surface area contributed by atoms with Crippen LogP contribution >= 0.6 is 23.2 Å². The molecule has 1 aliphatic heterocycles. The molecule has 1 fully saturated rings. The molecule has 0 radical (unpaired) electrons. The van der Waals surface area contributed by atoms with Gasteiger partial charge >= 0.3 is 5.97 Å². The van der Waals surface area contributed by atoms with Crippen LogP contribution in [0.25, 0.3) is 10.9 Å². The highest BCUT2D eigenvalue weighted by Crippen LogP contribution is 2.24. The topological polar surface area (TPSA) is 105 Å². The number of benzene rings is 2. The van der Waals surface area contributed by atoms with Gasteiger partial charge in [-0.25, -0.2) is 4.98 Å². The number of carbonyl (C=O) groups excluding carboxylic acids is 3. The first-order valence-corrected chi connectivity index (χ1v) is 13.2. The molecule has 0 bridgehead atoms. The molecule has 1 aromatic heterocycles. The van der Waals surface area contributed by atoms with E-state index in [4.69, 9.17) is 27.9 Å². The summed E-state index contributed by atoms with van der Waals surface area (Å²) in [6, 6.07) is 10.5. The summed E-state index contributed by atoms with van der Waals surface area (Å²) in [4.78, 5) is 59.9. The number of carbonyl (C=O) groups is 3. The first kappa shape index (κ1) is 28.4. The number of halogens is 2. The number of anilines is 1. The molecule has 0 aliphatic carbocycles. The van der Waals surface area contributed by atoms with E-state index in [1.165, 1.54) is 22.9 Å². The lowest BCUT2D eigenvalue weighted by Gasteiger charge is -2.35. The van der Waals surface area contributed by atoms with Crippen LogP contribution in [0, 0.1) is 0 Å². The Morgan fingerprint density at radius 1 is 1.03 bits per heavy atom. The Hall–Kier alpha value is -3.63. The van der Waals surface area contributed by atoms with Crippen molar-refractivity contribution in [3.63, 3.8) is 0 Å². The van der Waals surface area contributed by atoms with Crippen molar-refractivity contribution in [1.82, 2.24) is 19.4 Å². The molecule has 10 nitrogen and oxygen atoms in total. The SMILES string of the molecule is COC(=O)CCN(Cc1ccc(Cl)c(Cl)c1)C(=O)Cn1cnc2ccc(N3CCN(C(C)=O)CC3)cc2c1=O. The molecule has 0 N–H and O–H groups in total. The van der Waals surface area contributed by atoms with Crippen molar-refractivity contribution in [2.45, 2.75) is 26.4 Å². The summed E-state index contributed by atoms with van der Waals surface area (Å²) in [6.07, 6.45) is 1.35. The zero-order chi connectivity index (χ0) is 28.1. The van der Waals surface area contributed by atoms with E-state index in [0.29, 0.717) is 47.1 Å². The number of hydrogen-bond donors (Lipinski definition) is 0. The van der Waals surface area contributed by atoms with Gasteiger partial charge in [0.1, 0.15) is 6.54 Å². The molecule has 206 valence electrons. The first-order chi connectivity index (χ1) is 18.7. The number of fused-ring (bicyclic) bond motifs is 1. The van der Waals surface area contributed by atoms with Crippen LogP contribution in [0.2, 0.25) is 10.0 Å². The standard InChI is InChI=1S/C27H29Cl2N5O5/c1-18(35)31-9-11-32(12-10-31)20-4-6-24-21(14-20)27(38)34(17-30-24)16-25(36)33(8-7-26(37)39-2)15-19-3-5-22(28)23(29)13-19/h3-6,13-14,17H,7-12,15-16H2,1-2H3. The molecule has 3 aromatic rings. The predicted octanol–water partition coefficient (Wildman–Crippen LogP) is 2.96. The highest BCUT2D eigenvalue weighted by atomic mass is 35.5. The molecule has 4 rings (SSSR count). The van der Waals surface area contributed by atoms with E-state index in [1.807, 2.05) is 6.07 Å². The third-order valence-corrected chi connectivity index (χ3v) is 7.47. The van der Waals surface area contributed by atoms with Gasteiger partial charge in [-0.2, -0.15) is 0 Å². The summed E-state index contributed by atoms with van der Waals surface area (Å²) in [5.41, 5.74) is 1.75. The molecular formula is C27H29Cl2N5O5. The minimum Gasteiger partial charge on any atom is -0.469 e. The average molecular weight is 574 g/mol. The van der Waals surface area contributed by atoms with Crippen molar-refractivity contribution in [3.8, 4) is 0 Å². The summed E-state index contributed by atoms with van der Waals surface area (Å²) >= 11 is 12.2. The van der Waals surface area contributed by atoms with Crippen molar-refractivity contribution in [3.05, 3.63) is 68.7 Å². The summed E-state index contributed by atoms with van der Waals surface area (Å²) in [5, 5.41) is 1.13. The Bertz CT molecular complexity index is 1450. The Kier molecular flexibility index (Phi) is 9.08. The molecule has 0 atom stereocenters. The second-order valence-electron chi connectivity index (χ2n) is 9.26. The van der Waals surface area contributed by atoms with Crippen LogP contribution in [0.1, 0.15) is 18.9 Å². The lowest BCUT2D eigenvalue weighted by Crippen LogP contribution is -2.48. The Balaban J connectivity index is 1.55. The number of nitrogens with zero attached hydrogens (tertiary/aromatic N) is 5. The molecule has 0 saturated carbocycles. The van der Waals surface area contributed by atoms with Crippen LogP contribution in [-0.4, -0.2) is 77.0 Å². The number of esters is 1. The third-order valence-electron chi connectivity index (χ3n) is 6.73. The third kappa shape index (κ3) is 6.88. The highest BCUT2D eigenvalue weighted by molar-refractivity contribution is 6.42. The largest absolute Gasteiger partial charge is 0.469 e. The second-order valence-corrected chi connectivity index (χ2v) is 10.1. The first-order valence-electron chi connectivity index (χ1n) is 12.4. The number of ether oxygens (including phenoxy) is 1. The van der Waals surface area contributed by atoms with Crippen molar-refractivity contribution >= 4 is 57.6 Å². The molecule has 0 spiro atoms. The van der Waals surface area contributed by atoms with Gasteiger partial charge in [-0.05, 0) is 35.9 Å². The van der Waals surface area contributed by atoms with Crippen LogP contribution in [0.5, 0.6) is 0 Å². The molecule has 39 heavy (non-hydrogen) atoms. The smallest absolute Gasteiger partial charge is 0.307 e. The minimum atomic E-state index is -0.455. The van der Waals surface area contributed by atoms with E-state index in [2.05, 4.69) is 9.88 Å². The van der Waals surface area contributed by atoms with E-state index >= 15 is 0 Å². The van der Waals surface area contributed by atoms with E-state index in [-0.39, 0.29) is 43.4 Å². The monoisotopic (exact) mass is 573 g/mol. The Morgan fingerprint density at radius 3 is 2.44 bits per heavy atom. The van der Waals surface area contributed by atoms with Crippen LogP contribution in [0.4, 0.5) is 5.69 Å². The van der Waals surface area contributed by atoms with Crippen molar-refractivity contribution in [1.29, 1.82) is 0 Å². The molecule has 1 saturated heterocycles. The van der Waals surface area contributed by atoms with Crippen LogP contribution in [0.3, 0.4) is 0 Å². The number of hydrogen-bond acceptors (Lipinski definition) is 7. The lowest BCUT2D eigenvalue weighted by molar-refractivity contribution is -0.142. The number of piperazine rings is 1. The Labute approximate surface area is 235 Å². The van der Waals surface area contributed by atoms with Gasteiger partial charge in [0.05, 0.1) is 40.8 Å². The second kappa shape index (κ2) is 12.5. The number of amides is 2. The quantitative estimate of drug-likeness (QED) is 0.381. The minimum absolute atomic E-state index is 0.00528. The zero-order valence-electron chi connectivity index (χ0n) is 21.7. The van der Waals surface area contributed by atoms with Gasteiger partial charge < -0.3 is 19.4 Å². The number of aromatic nitrogens is 2. The average Bonchev–Trinajstić information content (AvgIpc) is 2.94. The van der Waals surface area contributed by atoms with Crippen LogP contribution in [-0.2, 0) is 32.2 Å². The van der Waals surface area contributed by atoms with Crippen molar-refractivity contribution in [2.24, 2.45) is 0 Å². The molecule has 2 aromatic carbocycles. The van der Waals surface area contributed by atoms with Gasteiger partial charge in [0, 0.05) is 51.9 Å². The summed E-state index contributed by atoms with van der Waals surface area (Å²) in [7, 11) is 1.28. The fraction of sp³-hybridized carbons (Fsp3) is 0.370. The van der Waals surface area contributed by atoms with Crippen LogP contribution < -0.4 is 10.5 Å². The van der Waals surface area contributed by atoms with Gasteiger partial charge in [0.25, 0.3) is 5.56 Å². The number of methoxy groups -OCH3 is 1. The number of rotatable bonds is 8. The molecule has 1 aliphatic rings. The van der Waals surface area contributed by atoms with Gasteiger partial charge in [0.2, 0.25) is 11.8 Å². The maximum Gasteiger partial charge on any atom is 0.307 e. The molecule has 2 heterocycles. The summed E-state index contributed by atoms with van der Waals surface area (Å²) in [5.74, 6) is -0.780. The Morgan fingerprint density at radius 2 is 1.77 bits per heavy atom. The highest BCUT2D eigenvalue weighted by Gasteiger charge is 2.21. The summed E-state index contributed by atoms with van der Waals surface area (Å²) in [6.45, 7) is 4.09. The van der Waals surface area contributed by atoms with Gasteiger partial charge in [0.15, 0.2) is 0 Å². The lowest BCUT2D eigenvalue weighted by atomic mass is 10.2. The molecule has 2 amide bonds. The fourth-order valence-electron chi connectivity index (χ4n) is 4.46. The van der Waals surface area contributed by atoms with E-state index in [0.717, 1.165) is 11.3 Å². The molecular weight excluding hydrogens is 545 g/mol. The fourth-order valence-corrected chi connectivity index (χ4v) is 4.78. The van der Waals surface area contributed by atoms with Gasteiger partial charge in [-0.15, -0.1) is 0 Å².